The minimum atomic E-state index is 0.439. The summed E-state index contributed by atoms with van der Waals surface area (Å²) in [5.41, 5.74) is 8.19. The number of hydrogen-bond acceptors (Lipinski definition) is 3. The van der Waals surface area contributed by atoms with Gasteiger partial charge in [-0.2, -0.15) is 0 Å². The van der Waals surface area contributed by atoms with Crippen molar-refractivity contribution >= 4 is 0 Å². The Bertz CT molecular complexity index is 352. The molecule has 1 aromatic carbocycles. The van der Waals surface area contributed by atoms with E-state index in [1.54, 1.807) is 7.11 Å². The highest BCUT2D eigenvalue weighted by molar-refractivity contribution is 5.36. The number of benzene rings is 1. The summed E-state index contributed by atoms with van der Waals surface area (Å²) in [6, 6.07) is 6.80. The van der Waals surface area contributed by atoms with E-state index in [4.69, 9.17) is 10.5 Å². The van der Waals surface area contributed by atoms with Gasteiger partial charge in [-0.3, -0.25) is 0 Å². The Kier molecular flexibility index (Phi) is 5.45. The molecule has 0 aromatic heterocycles. The summed E-state index contributed by atoms with van der Waals surface area (Å²) < 4.78 is 5.25. The maximum Gasteiger partial charge on any atom is 0.121 e. The SMILES string of the molecule is COc1ccc(CCN(C)C(C)CN)cc1C. The first kappa shape index (κ1) is 14.0. The molecule has 0 amide bonds. The van der Waals surface area contributed by atoms with E-state index in [9.17, 15) is 0 Å². The van der Waals surface area contributed by atoms with Gasteiger partial charge in [0.25, 0.3) is 0 Å². The summed E-state index contributed by atoms with van der Waals surface area (Å²) >= 11 is 0. The van der Waals surface area contributed by atoms with E-state index in [2.05, 4.69) is 37.9 Å². The van der Waals surface area contributed by atoms with Crippen LogP contribution in [0.1, 0.15) is 18.1 Å². The van der Waals surface area contributed by atoms with Gasteiger partial charge in [0.05, 0.1) is 7.11 Å². The number of hydrogen-bond donors (Lipinski definition) is 1. The summed E-state index contributed by atoms with van der Waals surface area (Å²) in [6.45, 7) is 5.97. The summed E-state index contributed by atoms with van der Waals surface area (Å²) in [4.78, 5) is 2.29. The minimum Gasteiger partial charge on any atom is -0.496 e. The fraction of sp³-hybridized carbons (Fsp3) is 0.571. The van der Waals surface area contributed by atoms with Crippen molar-refractivity contribution in [1.29, 1.82) is 0 Å². The van der Waals surface area contributed by atoms with E-state index in [1.165, 1.54) is 11.1 Å². The molecule has 0 aliphatic rings. The Balaban J connectivity index is 2.55. The summed E-state index contributed by atoms with van der Waals surface area (Å²) in [6.07, 6.45) is 1.05. The molecule has 3 nitrogen and oxygen atoms in total. The second-order valence-corrected chi connectivity index (χ2v) is 4.62. The van der Waals surface area contributed by atoms with Crippen LogP contribution in [0.2, 0.25) is 0 Å². The van der Waals surface area contributed by atoms with Crippen molar-refractivity contribution in [1.82, 2.24) is 4.90 Å². The zero-order valence-electron chi connectivity index (χ0n) is 11.4. The Morgan fingerprint density at radius 3 is 2.65 bits per heavy atom. The molecular weight excluding hydrogens is 212 g/mol. The molecule has 0 heterocycles. The van der Waals surface area contributed by atoms with E-state index in [0.29, 0.717) is 12.6 Å². The first-order valence-electron chi connectivity index (χ1n) is 6.12. The molecular formula is C14H24N2O. The van der Waals surface area contributed by atoms with Crippen LogP contribution in [0.3, 0.4) is 0 Å². The lowest BCUT2D eigenvalue weighted by atomic mass is 10.1. The number of likely N-dealkylation sites (N-methyl/N-ethyl adjacent to an activating group) is 1. The Morgan fingerprint density at radius 1 is 1.41 bits per heavy atom. The van der Waals surface area contributed by atoms with Crippen LogP contribution < -0.4 is 10.5 Å². The molecule has 1 aromatic rings. The van der Waals surface area contributed by atoms with Crippen LogP contribution in [0.5, 0.6) is 5.75 Å². The van der Waals surface area contributed by atoms with Gasteiger partial charge in [-0.05, 0) is 44.5 Å². The number of rotatable bonds is 6. The van der Waals surface area contributed by atoms with Crippen molar-refractivity contribution in [2.75, 3.05) is 27.2 Å². The fourth-order valence-corrected chi connectivity index (χ4v) is 1.80. The Hall–Kier alpha value is -1.06. The number of nitrogens with two attached hydrogens (primary N) is 1. The maximum atomic E-state index is 5.65. The molecule has 17 heavy (non-hydrogen) atoms. The molecule has 0 aliphatic heterocycles. The van der Waals surface area contributed by atoms with E-state index in [1.807, 2.05) is 6.07 Å². The highest BCUT2D eigenvalue weighted by Gasteiger charge is 2.07. The van der Waals surface area contributed by atoms with Crippen molar-refractivity contribution in [3.05, 3.63) is 29.3 Å². The molecule has 1 unspecified atom stereocenters. The smallest absolute Gasteiger partial charge is 0.121 e. The quantitative estimate of drug-likeness (QED) is 0.819. The fourth-order valence-electron chi connectivity index (χ4n) is 1.80. The number of ether oxygens (including phenoxy) is 1. The maximum absolute atomic E-state index is 5.65. The molecule has 3 heteroatoms. The van der Waals surface area contributed by atoms with Gasteiger partial charge >= 0.3 is 0 Å². The molecule has 0 fully saturated rings. The van der Waals surface area contributed by atoms with Crippen molar-refractivity contribution < 1.29 is 4.74 Å². The first-order valence-corrected chi connectivity index (χ1v) is 6.12. The molecule has 0 saturated carbocycles. The molecule has 0 aliphatic carbocycles. The second kappa shape index (κ2) is 6.62. The third-order valence-corrected chi connectivity index (χ3v) is 3.31. The monoisotopic (exact) mass is 236 g/mol. The molecule has 0 bridgehead atoms. The molecule has 1 atom stereocenters. The highest BCUT2D eigenvalue weighted by Crippen LogP contribution is 2.18. The largest absolute Gasteiger partial charge is 0.496 e. The van der Waals surface area contributed by atoms with Crippen LogP contribution in [0.15, 0.2) is 18.2 Å². The van der Waals surface area contributed by atoms with Gasteiger partial charge in [-0.15, -0.1) is 0 Å². The van der Waals surface area contributed by atoms with Crippen LogP contribution >= 0.6 is 0 Å². The van der Waals surface area contributed by atoms with Crippen LogP contribution in [0.25, 0.3) is 0 Å². The van der Waals surface area contributed by atoms with Gasteiger partial charge < -0.3 is 15.4 Å². The van der Waals surface area contributed by atoms with Crippen molar-refractivity contribution in [2.45, 2.75) is 26.3 Å². The third kappa shape index (κ3) is 4.02. The zero-order valence-corrected chi connectivity index (χ0v) is 11.4. The van der Waals surface area contributed by atoms with Crippen LogP contribution in [0.4, 0.5) is 0 Å². The molecule has 2 N–H and O–H groups in total. The van der Waals surface area contributed by atoms with Crippen LogP contribution in [-0.4, -0.2) is 38.2 Å². The van der Waals surface area contributed by atoms with Gasteiger partial charge in [0.15, 0.2) is 0 Å². The summed E-state index contributed by atoms with van der Waals surface area (Å²) in [5, 5.41) is 0. The normalized spacial score (nSPS) is 12.8. The average Bonchev–Trinajstić information content (AvgIpc) is 2.35. The van der Waals surface area contributed by atoms with Crippen molar-refractivity contribution in [3.8, 4) is 5.75 Å². The second-order valence-electron chi connectivity index (χ2n) is 4.62. The molecule has 0 radical (unpaired) electrons. The van der Waals surface area contributed by atoms with E-state index in [-0.39, 0.29) is 0 Å². The van der Waals surface area contributed by atoms with E-state index >= 15 is 0 Å². The van der Waals surface area contributed by atoms with Gasteiger partial charge in [-0.1, -0.05) is 12.1 Å². The Morgan fingerprint density at radius 2 is 2.12 bits per heavy atom. The van der Waals surface area contributed by atoms with Crippen LogP contribution in [0, 0.1) is 6.92 Å². The van der Waals surface area contributed by atoms with E-state index < -0.39 is 0 Å². The topological polar surface area (TPSA) is 38.5 Å². The number of nitrogens with zero attached hydrogens (tertiary/aromatic N) is 1. The third-order valence-electron chi connectivity index (χ3n) is 3.31. The van der Waals surface area contributed by atoms with Crippen molar-refractivity contribution in [2.24, 2.45) is 5.73 Å². The summed E-state index contributed by atoms with van der Waals surface area (Å²) in [5.74, 6) is 0.956. The molecule has 1 rings (SSSR count). The standard InChI is InChI=1S/C14H24N2O/c1-11-9-13(5-6-14(11)17-4)7-8-16(3)12(2)10-15/h5-6,9,12H,7-8,10,15H2,1-4H3. The summed E-state index contributed by atoms with van der Waals surface area (Å²) in [7, 11) is 3.83. The van der Waals surface area contributed by atoms with E-state index in [0.717, 1.165) is 18.7 Å². The predicted octanol–water partition coefficient (Wildman–Crippen LogP) is 1.83. The molecule has 0 saturated heterocycles. The van der Waals surface area contributed by atoms with Gasteiger partial charge in [0.1, 0.15) is 5.75 Å². The number of methoxy groups -OCH3 is 1. The lowest BCUT2D eigenvalue weighted by molar-refractivity contribution is 0.266. The first-order chi connectivity index (χ1) is 8.08. The molecule has 0 spiro atoms. The predicted molar refractivity (Wildman–Crippen MR) is 72.6 cm³/mol. The van der Waals surface area contributed by atoms with Gasteiger partial charge in [0.2, 0.25) is 0 Å². The molecule has 96 valence electrons. The lowest BCUT2D eigenvalue weighted by Gasteiger charge is -2.23. The van der Waals surface area contributed by atoms with Gasteiger partial charge in [-0.25, -0.2) is 0 Å². The van der Waals surface area contributed by atoms with Crippen LogP contribution in [-0.2, 0) is 6.42 Å². The zero-order chi connectivity index (χ0) is 12.8. The lowest BCUT2D eigenvalue weighted by Crippen LogP contribution is -2.36. The number of aryl methyl sites for hydroxylation is 1. The Labute approximate surface area is 105 Å². The minimum absolute atomic E-state index is 0.439. The van der Waals surface area contributed by atoms with Gasteiger partial charge in [0, 0.05) is 19.1 Å². The average molecular weight is 236 g/mol. The highest BCUT2D eigenvalue weighted by atomic mass is 16.5. The van der Waals surface area contributed by atoms with Crippen molar-refractivity contribution in [3.63, 3.8) is 0 Å².